The van der Waals surface area contributed by atoms with Crippen LogP contribution in [-0.4, -0.2) is 35.8 Å². The molecule has 0 bridgehead atoms. The maximum absolute atomic E-state index is 10.8. The molecule has 0 fully saturated rings. The highest BCUT2D eigenvalue weighted by Crippen LogP contribution is 2.21. The molecule has 0 saturated carbocycles. The van der Waals surface area contributed by atoms with Crippen molar-refractivity contribution in [2.24, 2.45) is 7.05 Å². The average Bonchev–Trinajstić information content (AvgIpc) is 2.64. The van der Waals surface area contributed by atoms with Crippen molar-refractivity contribution in [3.63, 3.8) is 0 Å². The lowest BCUT2D eigenvalue weighted by molar-refractivity contribution is 0.0695. The zero-order chi connectivity index (χ0) is 12.4. The van der Waals surface area contributed by atoms with E-state index in [1.165, 1.54) is 18.0 Å². The number of aryl methyl sites for hydroxylation is 2. The topological polar surface area (TPSA) is 93.8 Å². The first-order valence-corrected chi connectivity index (χ1v) is 5.48. The fourth-order valence-electron chi connectivity index (χ4n) is 1.15. The van der Waals surface area contributed by atoms with E-state index in [1.807, 2.05) is 0 Å². The maximum atomic E-state index is 10.8. The van der Waals surface area contributed by atoms with Crippen molar-refractivity contribution in [1.29, 1.82) is 0 Å². The Morgan fingerprint density at radius 1 is 1.53 bits per heavy atom. The summed E-state index contributed by atoms with van der Waals surface area (Å²) in [7, 11) is 1.81. The van der Waals surface area contributed by atoms with Crippen LogP contribution < -0.4 is 0 Å². The van der Waals surface area contributed by atoms with Crippen molar-refractivity contribution in [1.82, 2.24) is 24.7 Å². The molecule has 7 nitrogen and oxygen atoms in total. The standard InChI is InChI=1S/C9H9N5O2S/c1-5-6(7(15)16)3-10-8(12-5)17-9-13-11-4-14(9)2/h3-4H,1-2H3,(H,15,16). The van der Waals surface area contributed by atoms with Gasteiger partial charge in [0.15, 0.2) is 10.3 Å². The van der Waals surface area contributed by atoms with Gasteiger partial charge in [-0.2, -0.15) is 0 Å². The summed E-state index contributed by atoms with van der Waals surface area (Å²) in [6.45, 7) is 1.63. The molecule has 17 heavy (non-hydrogen) atoms. The van der Waals surface area contributed by atoms with Crippen LogP contribution in [0.4, 0.5) is 0 Å². The summed E-state index contributed by atoms with van der Waals surface area (Å²) in [5.74, 6) is -1.03. The Balaban J connectivity index is 2.27. The number of carboxylic acid groups (broad SMARTS) is 1. The first kappa shape index (κ1) is 11.5. The lowest BCUT2D eigenvalue weighted by Gasteiger charge is -2.02. The molecule has 88 valence electrons. The van der Waals surface area contributed by atoms with Gasteiger partial charge >= 0.3 is 5.97 Å². The molecular weight excluding hydrogens is 242 g/mol. The fraction of sp³-hybridized carbons (Fsp3) is 0.222. The number of aromatic carboxylic acids is 1. The Hall–Kier alpha value is -1.96. The number of hydrogen-bond donors (Lipinski definition) is 1. The van der Waals surface area contributed by atoms with Gasteiger partial charge in [-0.3, -0.25) is 0 Å². The van der Waals surface area contributed by atoms with Crippen LogP contribution in [0.15, 0.2) is 22.8 Å². The molecule has 1 N–H and O–H groups in total. The summed E-state index contributed by atoms with van der Waals surface area (Å²) in [5.41, 5.74) is 0.532. The van der Waals surface area contributed by atoms with Gasteiger partial charge < -0.3 is 9.67 Å². The number of nitrogens with zero attached hydrogens (tertiary/aromatic N) is 5. The monoisotopic (exact) mass is 251 g/mol. The summed E-state index contributed by atoms with van der Waals surface area (Å²) in [4.78, 5) is 18.9. The summed E-state index contributed by atoms with van der Waals surface area (Å²) in [6.07, 6.45) is 2.87. The summed E-state index contributed by atoms with van der Waals surface area (Å²) < 4.78 is 1.73. The predicted octanol–water partition coefficient (Wildman–Crippen LogP) is 0.763. The molecule has 0 radical (unpaired) electrons. The smallest absolute Gasteiger partial charge is 0.339 e. The van der Waals surface area contributed by atoms with E-state index in [0.29, 0.717) is 16.0 Å². The SMILES string of the molecule is Cc1nc(Sc2nncn2C)ncc1C(=O)O. The van der Waals surface area contributed by atoms with Crippen molar-refractivity contribution in [3.05, 3.63) is 23.8 Å². The molecule has 2 aromatic heterocycles. The van der Waals surface area contributed by atoms with Gasteiger partial charge in [-0.25, -0.2) is 14.8 Å². The highest BCUT2D eigenvalue weighted by atomic mass is 32.2. The van der Waals surface area contributed by atoms with E-state index in [1.54, 1.807) is 24.9 Å². The number of hydrogen-bond acceptors (Lipinski definition) is 6. The summed E-state index contributed by atoms with van der Waals surface area (Å²) in [6, 6.07) is 0. The minimum Gasteiger partial charge on any atom is -0.478 e. The normalized spacial score (nSPS) is 10.5. The predicted molar refractivity (Wildman–Crippen MR) is 58.9 cm³/mol. The van der Waals surface area contributed by atoms with Gasteiger partial charge in [0.1, 0.15) is 6.33 Å². The molecule has 0 atom stereocenters. The number of aromatic nitrogens is 5. The molecule has 0 spiro atoms. The van der Waals surface area contributed by atoms with Gasteiger partial charge in [0.25, 0.3) is 0 Å². The van der Waals surface area contributed by atoms with Crippen LogP contribution in [0.25, 0.3) is 0 Å². The van der Waals surface area contributed by atoms with Gasteiger partial charge in [0, 0.05) is 13.2 Å². The second-order valence-electron chi connectivity index (χ2n) is 3.28. The second kappa shape index (κ2) is 4.50. The molecule has 0 aliphatic heterocycles. The van der Waals surface area contributed by atoms with Crippen molar-refractivity contribution in [3.8, 4) is 0 Å². The van der Waals surface area contributed by atoms with Crippen LogP contribution in [0.5, 0.6) is 0 Å². The van der Waals surface area contributed by atoms with Crippen LogP contribution >= 0.6 is 11.8 Å². The quantitative estimate of drug-likeness (QED) is 0.805. The molecule has 0 unspecified atom stereocenters. The molecule has 0 aliphatic carbocycles. The fourth-order valence-corrected chi connectivity index (χ4v) is 1.88. The van der Waals surface area contributed by atoms with Crippen molar-refractivity contribution >= 4 is 17.7 Å². The van der Waals surface area contributed by atoms with Gasteiger partial charge in [0.2, 0.25) is 0 Å². The van der Waals surface area contributed by atoms with E-state index < -0.39 is 5.97 Å². The Bertz CT molecular complexity index is 568. The van der Waals surface area contributed by atoms with Gasteiger partial charge in [-0.15, -0.1) is 10.2 Å². The Morgan fingerprint density at radius 3 is 2.82 bits per heavy atom. The number of carbonyl (C=O) groups is 1. The minimum absolute atomic E-state index is 0.104. The largest absolute Gasteiger partial charge is 0.478 e. The van der Waals surface area contributed by atoms with E-state index in [2.05, 4.69) is 20.2 Å². The second-order valence-corrected chi connectivity index (χ2v) is 4.22. The molecule has 0 aromatic carbocycles. The van der Waals surface area contributed by atoms with E-state index in [4.69, 9.17) is 5.11 Å². The number of rotatable bonds is 3. The summed E-state index contributed by atoms with van der Waals surface area (Å²) >= 11 is 1.23. The van der Waals surface area contributed by atoms with Crippen molar-refractivity contribution in [2.75, 3.05) is 0 Å². The zero-order valence-electron chi connectivity index (χ0n) is 9.15. The van der Waals surface area contributed by atoms with E-state index in [-0.39, 0.29) is 5.56 Å². The average molecular weight is 251 g/mol. The summed E-state index contributed by atoms with van der Waals surface area (Å²) in [5, 5.41) is 17.5. The van der Waals surface area contributed by atoms with Crippen LogP contribution in [0, 0.1) is 6.92 Å². The number of carboxylic acids is 1. The molecule has 2 heterocycles. The lowest BCUT2D eigenvalue weighted by atomic mass is 10.2. The zero-order valence-corrected chi connectivity index (χ0v) is 9.97. The third-order valence-corrected chi connectivity index (χ3v) is 2.97. The Morgan fingerprint density at radius 2 is 2.29 bits per heavy atom. The Kier molecular flexibility index (Phi) is 3.05. The minimum atomic E-state index is -1.03. The maximum Gasteiger partial charge on any atom is 0.339 e. The molecule has 2 rings (SSSR count). The first-order chi connectivity index (χ1) is 8.08. The first-order valence-electron chi connectivity index (χ1n) is 4.66. The Labute approximate surface area is 101 Å². The molecule has 8 heteroatoms. The molecule has 0 saturated heterocycles. The van der Waals surface area contributed by atoms with Gasteiger partial charge in [-0.1, -0.05) is 0 Å². The third kappa shape index (κ3) is 2.41. The molecule has 0 aliphatic rings. The van der Waals surface area contributed by atoms with Gasteiger partial charge in [0.05, 0.1) is 11.3 Å². The van der Waals surface area contributed by atoms with Crippen LogP contribution in [0.3, 0.4) is 0 Å². The molecule has 2 aromatic rings. The van der Waals surface area contributed by atoms with E-state index in [9.17, 15) is 4.79 Å². The highest BCUT2D eigenvalue weighted by molar-refractivity contribution is 7.99. The van der Waals surface area contributed by atoms with Crippen LogP contribution in [-0.2, 0) is 7.05 Å². The lowest BCUT2D eigenvalue weighted by Crippen LogP contribution is -2.04. The van der Waals surface area contributed by atoms with Crippen LogP contribution in [0.1, 0.15) is 16.1 Å². The molecular formula is C9H9N5O2S. The van der Waals surface area contributed by atoms with Crippen LogP contribution in [0.2, 0.25) is 0 Å². The third-order valence-electron chi connectivity index (χ3n) is 2.04. The van der Waals surface area contributed by atoms with E-state index in [0.717, 1.165) is 0 Å². The van der Waals surface area contributed by atoms with Crippen molar-refractivity contribution < 1.29 is 9.90 Å². The molecule has 0 amide bonds. The van der Waals surface area contributed by atoms with Gasteiger partial charge in [-0.05, 0) is 18.7 Å². The van der Waals surface area contributed by atoms with E-state index >= 15 is 0 Å². The van der Waals surface area contributed by atoms with Crippen molar-refractivity contribution in [2.45, 2.75) is 17.2 Å². The highest BCUT2D eigenvalue weighted by Gasteiger charge is 2.12.